The molecule has 0 saturated carbocycles. The Morgan fingerprint density at radius 1 is 1.03 bits per heavy atom. The number of rotatable bonds is 9. The van der Waals surface area contributed by atoms with Crippen molar-refractivity contribution in [2.45, 2.75) is 20.1 Å². The van der Waals surface area contributed by atoms with Crippen molar-refractivity contribution in [3.63, 3.8) is 0 Å². The maximum Gasteiger partial charge on any atom is 0.338 e. The van der Waals surface area contributed by atoms with E-state index >= 15 is 0 Å². The average Bonchev–Trinajstić information content (AvgIpc) is 2.77. The Kier molecular flexibility index (Phi) is 7.57. The fraction of sp³-hybridized carbons (Fsp3) is 0.208. The number of hydrogen-bond donors (Lipinski definition) is 1. The number of methoxy groups -OCH3 is 1. The summed E-state index contributed by atoms with van der Waals surface area (Å²) in [5, 5.41) is 3.89. The van der Waals surface area contributed by atoms with Crippen molar-refractivity contribution < 1.29 is 19.0 Å². The van der Waals surface area contributed by atoms with Crippen LogP contribution in [0.3, 0.4) is 0 Å². The van der Waals surface area contributed by atoms with E-state index in [1.807, 2.05) is 48.5 Å². The van der Waals surface area contributed by atoms with Gasteiger partial charge in [0.2, 0.25) is 0 Å². The molecule has 1 N–H and O–H groups in total. The van der Waals surface area contributed by atoms with Gasteiger partial charge in [-0.1, -0.05) is 41.9 Å². The second-order valence-corrected chi connectivity index (χ2v) is 6.96. The number of benzene rings is 3. The van der Waals surface area contributed by atoms with Crippen LogP contribution in [0.4, 0.5) is 5.69 Å². The van der Waals surface area contributed by atoms with Crippen molar-refractivity contribution >= 4 is 23.3 Å². The molecule has 30 heavy (non-hydrogen) atoms. The van der Waals surface area contributed by atoms with Gasteiger partial charge in [-0.3, -0.25) is 0 Å². The van der Waals surface area contributed by atoms with Gasteiger partial charge in [0.1, 0.15) is 6.61 Å². The third-order valence-corrected chi connectivity index (χ3v) is 4.64. The van der Waals surface area contributed by atoms with Gasteiger partial charge in [0.05, 0.1) is 19.3 Å². The lowest BCUT2D eigenvalue weighted by molar-refractivity contribution is 0.0526. The third kappa shape index (κ3) is 5.67. The number of halogens is 1. The van der Waals surface area contributed by atoms with E-state index in [-0.39, 0.29) is 5.97 Å². The summed E-state index contributed by atoms with van der Waals surface area (Å²) < 4.78 is 16.6. The molecule has 5 nitrogen and oxygen atoms in total. The summed E-state index contributed by atoms with van der Waals surface area (Å²) >= 11 is 6.27. The fourth-order valence-corrected chi connectivity index (χ4v) is 3.17. The molecule has 0 amide bonds. The van der Waals surface area contributed by atoms with Gasteiger partial charge in [0, 0.05) is 28.9 Å². The molecule has 0 aromatic heterocycles. The lowest BCUT2D eigenvalue weighted by Crippen LogP contribution is -2.07. The summed E-state index contributed by atoms with van der Waals surface area (Å²) in [6, 6.07) is 20.6. The number of hydrogen-bond acceptors (Lipinski definition) is 5. The van der Waals surface area contributed by atoms with Crippen LogP contribution in [-0.2, 0) is 17.9 Å². The van der Waals surface area contributed by atoms with E-state index in [9.17, 15) is 4.79 Å². The second kappa shape index (κ2) is 10.6. The maximum absolute atomic E-state index is 11.8. The smallest absolute Gasteiger partial charge is 0.338 e. The van der Waals surface area contributed by atoms with Gasteiger partial charge in [-0.25, -0.2) is 4.79 Å². The SMILES string of the molecule is CCOC(=O)c1ccc(NCc2cc(Cl)cc(OC)c2OCc2ccccc2)cc1. The third-order valence-electron chi connectivity index (χ3n) is 4.42. The Bertz CT molecular complexity index is 975. The first-order chi connectivity index (χ1) is 14.6. The van der Waals surface area contributed by atoms with E-state index in [0.717, 1.165) is 16.8 Å². The molecule has 0 spiro atoms. The van der Waals surface area contributed by atoms with Crippen LogP contribution in [0, 0.1) is 0 Å². The molecule has 3 aromatic carbocycles. The molecule has 0 aliphatic heterocycles. The highest BCUT2D eigenvalue weighted by Crippen LogP contribution is 2.35. The van der Waals surface area contributed by atoms with Crippen LogP contribution in [0.15, 0.2) is 66.7 Å². The molecule has 0 bridgehead atoms. The summed E-state index contributed by atoms with van der Waals surface area (Å²) in [6.07, 6.45) is 0. The van der Waals surface area contributed by atoms with Gasteiger partial charge in [0.25, 0.3) is 0 Å². The number of carbonyl (C=O) groups is 1. The van der Waals surface area contributed by atoms with Crippen LogP contribution >= 0.6 is 11.6 Å². The van der Waals surface area contributed by atoms with Crippen LogP contribution < -0.4 is 14.8 Å². The quantitative estimate of drug-likeness (QED) is 0.444. The maximum atomic E-state index is 11.8. The first-order valence-corrected chi connectivity index (χ1v) is 10.0. The van der Waals surface area contributed by atoms with Gasteiger partial charge in [-0.15, -0.1) is 0 Å². The summed E-state index contributed by atoms with van der Waals surface area (Å²) in [4.78, 5) is 11.8. The first-order valence-electron chi connectivity index (χ1n) is 9.65. The van der Waals surface area contributed by atoms with E-state index in [4.69, 9.17) is 25.8 Å². The Balaban J connectivity index is 1.74. The zero-order valence-electron chi connectivity index (χ0n) is 17.0. The van der Waals surface area contributed by atoms with Gasteiger partial charge < -0.3 is 19.5 Å². The van der Waals surface area contributed by atoms with Crippen LogP contribution in [0.5, 0.6) is 11.5 Å². The molecule has 0 atom stereocenters. The lowest BCUT2D eigenvalue weighted by Gasteiger charge is -2.17. The van der Waals surface area contributed by atoms with Crippen molar-refractivity contribution in [1.82, 2.24) is 0 Å². The van der Waals surface area contributed by atoms with Crippen LogP contribution in [-0.4, -0.2) is 19.7 Å². The average molecular weight is 426 g/mol. The number of anilines is 1. The Hall–Kier alpha value is -3.18. The number of carbonyl (C=O) groups excluding carboxylic acids is 1. The largest absolute Gasteiger partial charge is 0.493 e. The van der Waals surface area contributed by atoms with Crippen molar-refractivity contribution in [2.75, 3.05) is 19.0 Å². The monoisotopic (exact) mass is 425 g/mol. The molecular formula is C24H24ClNO4. The molecule has 0 heterocycles. The van der Waals surface area contributed by atoms with Crippen molar-refractivity contribution in [3.05, 3.63) is 88.4 Å². The van der Waals surface area contributed by atoms with Crippen LogP contribution in [0.25, 0.3) is 0 Å². The van der Waals surface area contributed by atoms with Crippen molar-refractivity contribution in [3.8, 4) is 11.5 Å². The molecule has 6 heteroatoms. The summed E-state index contributed by atoms with van der Waals surface area (Å²) in [7, 11) is 1.59. The molecule has 0 fully saturated rings. The predicted octanol–water partition coefficient (Wildman–Crippen LogP) is 5.72. The predicted molar refractivity (Wildman–Crippen MR) is 119 cm³/mol. The summed E-state index contributed by atoms with van der Waals surface area (Å²) in [6.45, 7) is 3.02. The molecular weight excluding hydrogens is 402 g/mol. The fourth-order valence-electron chi connectivity index (χ4n) is 2.94. The minimum Gasteiger partial charge on any atom is -0.493 e. The zero-order valence-corrected chi connectivity index (χ0v) is 17.7. The first kappa shape index (κ1) is 21.5. The molecule has 156 valence electrons. The van der Waals surface area contributed by atoms with Gasteiger partial charge in [-0.2, -0.15) is 0 Å². The minimum atomic E-state index is -0.333. The molecule has 3 rings (SSSR count). The molecule has 3 aromatic rings. The van der Waals surface area contributed by atoms with E-state index in [1.54, 1.807) is 32.2 Å². The molecule has 0 radical (unpaired) electrons. The summed E-state index contributed by atoms with van der Waals surface area (Å²) in [5.41, 5.74) is 3.29. The molecule has 0 aliphatic carbocycles. The van der Waals surface area contributed by atoms with E-state index in [2.05, 4.69) is 5.32 Å². The van der Waals surface area contributed by atoms with Crippen molar-refractivity contribution in [1.29, 1.82) is 0 Å². The molecule has 0 saturated heterocycles. The summed E-state index contributed by atoms with van der Waals surface area (Å²) in [5.74, 6) is 0.884. The standard InChI is InChI=1S/C24H24ClNO4/c1-3-29-24(27)18-9-11-21(12-10-18)26-15-19-13-20(25)14-22(28-2)23(19)30-16-17-7-5-4-6-8-17/h4-14,26H,3,15-16H2,1-2H3. The van der Waals surface area contributed by atoms with Crippen LogP contribution in [0.1, 0.15) is 28.4 Å². The number of nitrogens with one attached hydrogen (secondary N) is 1. The Labute approximate surface area is 181 Å². The lowest BCUT2D eigenvalue weighted by atomic mass is 10.1. The van der Waals surface area contributed by atoms with Crippen molar-refractivity contribution in [2.24, 2.45) is 0 Å². The highest BCUT2D eigenvalue weighted by molar-refractivity contribution is 6.30. The van der Waals surface area contributed by atoms with E-state index in [1.165, 1.54) is 0 Å². The van der Waals surface area contributed by atoms with Gasteiger partial charge in [-0.05, 0) is 42.8 Å². The van der Waals surface area contributed by atoms with Crippen LogP contribution in [0.2, 0.25) is 5.02 Å². The van der Waals surface area contributed by atoms with Gasteiger partial charge in [0.15, 0.2) is 11.5 Å². The zero-order chi connectivity index (χ0) is 21.3. The molecule has 0 unspecified atom stereocenters. The Morgan fingerprint density at radius 2 is 1.77 bits per heavy atom. The minimum absolute atomic E-state index is 0.333. The highest BCUT2D eigenvalue weighted by Gasteiger charge is 2.14. The van der Waals surface area contributed by atoms with E-state index < -0.39 is 0 Å². The molecule has 0 aliphatic rings. The van der Waals surface area contributed by atoms with Gasteiger partial charge >= 0.3 is 5.97 Å². The number of ether oxygens (including phenoxy) is 3. The number of esters is 1. The normalized spacial score (nSPS) is 10.4. The highest BCUT2D eigenvalue weighted by atomic mass is 35.5. The Morgan fingerprint density at radius 3 is 2.43 bits per heavy atom. The second-order valence-electron chi connectivity index (χ2n) is 6.52. The topological polar surface area (TPSA) is 56.8 Å². The van der Waals surface area contributed by atoms with E-state index in [0.29, 0.717) is 41.8 Å².